The van der Waals surface area contributed by atoms with Crippen LogP contribution in [0.1, 0.15) is 90.9 Å². The van der Waals surface area contributed by atoms with E-state index in [-0.39, 0.29) is 0 Å². The Morgan fingerprint density at radius 3 is 2.09 bits per heavy atom. The third-order valence-electron chi connectivity index (χ3n) is 4.07. The lowest BCUT2D eigenvalue weighted by molar-refractivity contribution is -0.119. The minimum Gasteiger partial charge on any atom is -0.300 e. The van der Waals surface area contributed by atoms with Crippen molar-refractivity contribution in [1.82, 2.24) is 10.6 Å². The van der Waals surface area contributed by atoms with Gasteiger partial charge in [0, 0.05) is 25.6 Å². The molecular weight excluding hydrogens is 288 g/mol. The van der Waals surface area contributed by atoms with Crippen LogP contribution in [-0.4, -0.2) is 22.7 Å². The summed E-state index contributed by atoms with van der Waals surface area (Å²) in [5, 5.41) is 9.96. The van der Waals surface area contributed by atoms with Crippen LogP contribution in [0.25, 0.3) is 0 Å². The molecule has 0 radical (unpaired) electrons. The maximum absolute atomic E-state index is 11.8. The minimum absolute atomic E-state index is 0.442. The number of hydrogen-bond donors (Lipinski definition) is 2. The Bertz CT molecular complexity index is 293. The van der Waals surface area contributed by atoms with Gasteiger partial charge in [0.2, 0.25) is 0 Å². The summed E-state index contributed by atoms with van der Waals surface area (Å²) in [4.78, 5) is 11.8. The molecule has 0 aromatic carbocycles. The zero-order chi connectivity index (χ0) is 17.3. The van der Waals surface area contributed by atoms with Crippen LogP contribution in [0.5, 0.6) is 0 Å². The molecule has 2 N–H and O–H groups in total. The summed E-state index contributed by atoms with van der Waals surface area (Å²) in [6, 6.07) is 0. The summed E-state index contributed by atoms with van der Waals surface area (Å²) in [6.45, 7) is 8.72. The van der Waals surface area contributed by atoms with Crippen molar-refractivity contribution < 1.29 is 10.0 Å². The molecular formula is C19H38N2O2. The number of nitrogens with zero attached hydrogens (tertiary/aromatic N) is 1. The summed E-state index contributed by atoms with van der Waals surface area (Å²) in [7, 11) is 0. The molecule has 0 aliphatic rings. The molecule has 0 spiro atoms. The summed E-state index contributed by atoms with van der Waals surface area (Å²) < 4.78 is 0. The average Bonchev–Trinajstić information content (AvgIpc) is 2.52. The van der Waals surface area contributed by atoms with Crippen molar-refractivity contribution in [2.24, 2.45) is 5.92 Å². The number of unbranched alkanes of at least 4 members (excludes halogenated alkanes) is 7. The third-order valence-corrected chi connectivity index (χ3v) is 4.07. The van der Waals surface area contributed by atoms with Crippen LogP contribution in [-0.2, 0) is 4.79 Å². The standard InChI is InChI=1S/C19H38N2O2/c1-4-21(23)20-17-13-9-5-6-11-15-19(22)16-12-8-7-10-14-18(2)3/h4,18,20,23H,1,5-17H2,2-3H3. The molecule has 0 aromatic rings. The van der Waals surface area contributed by atoms with Gasteiger partial charge in [0.25, 0.3) is 0 Å². The first kappa shape index (κ1) is 22.1. The molecule has 0 bridgehead atoms. The first-order valence-corrected chi connectivity index (χ1v) is 9.42. The van der Waals surface area contributed by atoms with Gasteiger partial charge < -0.3 is 0 Å². The Morgan fingerprint density at radius 2 is 1.52 bits per heavy atom. The molecule has 23 heavy (non-hydrogen) atoms. The van der Waals surface area contributed by atoms with E-state index in [9.17, 15) is 4.79 Å². The van der Waals surface area contributed by atoms with E-state index in [4.69, 9.17) is 5.21 Å². The fraction of sp³-hybridized carbons (Fsp3) is 0.842. The summed E-state index contributed by atoms with van der Waals surface area (Å²) >= 11 is 0. The number of Topliss-reactive ketones (excluding diaryl/α,β-unsaturated/α-hetero) is 1. The van der Waals surface area contributed by atoms with Gasteiger partial charge in [-0.05, 0) is 25.2 Å². The summed E-state index contributed by atoms with van der Waals surface area (Å²) in [5.41, 5.74) is 2.80. The van der Waals surface area contributed by atoms with E-state index in [2.05, 4.69) is 25.9 Å². The third kappa shape index (κ3) is 17.3. The Labute approximate surface area is 143 Å². The molecule has 0 saturated carbocycles. The van der Waals surface area contributed by atoms with E-state index in [0.717, 1.165) is 69.0 Å². The lowest BCUT2D eigenvalue weighted by Gasteiger charge is -2.11. The monoisotopic (exact) mass is 326 g/mol. The smallest absolute Gasteiger partial charge is 0.132 e. The van der Waals surface area contributed by atoms with Crippen molar-refractivity contribution in [1.29, 1.82) is 0 Å². The Morgan fingerprint density at radius 1 is 1.00 bits per heavy atom. The van der Waals surface area contributed by atoms with E-state index in [1.54, 1.807) is 0 Å². The van der Waals surface area contributed by atoms with Gasteiger partial charge in [0.1, 0.15) is 5.78 Å². The van der Waals surface area contributed by atoms with Crippen molar-refractivity contribution in [3.05, 3.63) is 12.8 Å². The van der Waals surface area contributed by atoms with Crippen molar-refractivity contribution >= 4 is 5.78 Å². The number of hydroxylamine groups is 1. The zero-order valence-electron chi connectivity index (χ0n) is 15.4. The fourth-order valence-corrected chi connectivity index (χ4v) is 2.59. The molecule has 0 aromatic heterocycles. The SMILES string of the molecule is C=CN(O)NCCCCCCCC(=O)CCCCCCC(C)C. The molecule has 4 nitrogen and oxygen atoms in total. The van der Waals surface area contributed by atoms with Crippen LogP contribution in [0.4, 0.5) is 0 Å². The van der Waals surface area contributed by atoms with Crippen LogP contribution < -0.4 is 5.43 Å². The molecule has 0 rings (SSSR count). The van der Waals surface area contributed by atoms with Gasteiger partial charge in [-0.25, -0.2) is 5.43 Å². The van der Waals surface area contributed by atoms with Gasteiger partial charge in [0.05, 0.1) is 0 Å². The van der Waals surface area contributed by atoms with Crippen molar-refractivity contribution in [3.8, 4) is 0 Å². The molecule has 0 heterocycles. The molecule has 0 aliphatic heterocycles. The van der Waals surface area contributed by atoms with Crippen LogP contribution >= 0.6 is 0 Å². The molecule has 136 valence electrons. The summed E-state index contributed by atoms with van der Waals surface area (Å²) in [5.74, 6) is 1.24. The molecule has 0 unspecified atom stereocenters. The topological polar surface area (TPSA) is 52.6 Å². The van der Waals surface area contributed by atoms with Crippen LogP contribution in [0.3, 0.4) is 0 Å². The second-order valence-corrected chi connectivity index (χ2v) is 6.84. The van der Waals surface area contributed by atoms with Gasteiger partial charge in [0.15, 0.2) is 0 Å². The van der Waals surface area contributed by atoms with Gasteiger partial charge in [-0.3, -0.25) is 10.0 Å². The van der Waals surface area contributed by atoms with E-state index in [1.807, 2.05) is 0 Å². The minimum atomic E-state index is 0.442. The quantitative estimate of drug-likeness (QED) is 0.284. The number of hydrogen-bond acceptors (Lipinski definition) is 4. The highest BCUT2D eigenvalue weighted by atomic mass is 16.5. The van der Waals surface area contributed by atoms with Crippen molar-refractivity contribution in [2.75, 3.05) is 6.54 Å². The highest BCUT2D eigenvalue weighted by molar-refractivity contribution is 5.78. The van der Waals surface area contributed by atoms with Crippen LogP contribution in [0, 0.1) is 5.92 Å². The Hall–Kier alpha value is -0.870. The lowest BCUT2D eigenvalue weighted by Crippen LogP contribution is -2.30. The number of nitrogens with one attached hydrogen (secondary N) is 1. The Kier molecular flexibility index (Phi) is 15.4. The van der Waals surface area contributed by atoms with E-state index < -0.39 is 0 Å². The first-order chi connectivity index (χ1) is 11.1. The largest absolute Gasteiger partial charge is 0.300 e. The number of ketones is 1. The van der Waals surface area contributed by atoms with Crippen molar-refractivity contribution in [2.45, 2.75) is 90.9 Å². The number of hydrazine groups is 1. The normalized spacial score (nSPS) is 11.0. The van der Waals surface area contributed by atoms with E-state index >= 15 is 0 Å². The van der Waals surface area contributed by atoms with Crippen LogP contribution in [0.2, 0.25) is 0 Å². The Balaban J connectivity index is 3.23. The highest BCUT2D eigenvalue weighted by Crippen LogP contribution is 2.12. The van der Waals surface area contributed by atoms with Crippen LogP contribution in [0.15, 0.2) is 12.8 Å². The van der Waals surface area contributed by atoms with E-state index in [0.29, 0.717) is 5.78 Å². The molecule has 0 fully saturated rings. The molecule has 0 saturated heterocycles. The summed E-state index contributed by atoms with van der Waals surface area (Å²) in [6.07, 6.45) is 14.5. The first-order valence-electron chi connectivity index (χ1n) is 9.42. The van der Waals surface area contributed by atoms with Gasteiger partial charge in [-0.15, -0.1) is 0 Å². The predicted molar refractivity (Wildman–Crippen MR) is 97.1 cm³/mol. The average molecular weight is 327 g/mol. The van der Waals surface area contributed by atoms with Gasteiger partial charge in [-0.2, -0.15) is 5.17 Å². The lowest BCUT2D eigenvalue weighted by atomic mass is 10.0. The number of rotatable bonds is 17. The predicted octanol–water partition coefficient (Wildman–Crippen LogP) is 5.23. The fourth-order valence-electron chi connectivity index (χ4n) is 2.59. The zero-order valence-corrected chi connectivity index (χ0v) is 15.4. The van der Waals surface area contributed by atoms with Gasteiger partial charge >= 0.3 is 0 Å². The maximum Gasteiger partial charge on any atom is 0.132 e. The highest BCUT2D eigenvalue weighted by Gasteiger charge is 2.02. The molecule has 0 amide bonds. The second-order valence-electron chi connectivity index (χ2n) is 6.84. The van der Waals surface area contributed by atoms with Gasteiger partial charge in [-0.1, -0.05) is 65.4 Å². The maximum atomic E-state index is 11.8. The molecule has 4 heteroatoms. The molecule has 0 aliphatic carbocycles. The number of carbonyl (C=O) groups is 1. The second kappa shape index (κ2) is 16.0. The van der Waals surface area contributed by atoms with Crippen molar-refractivity contribution in [3.63, 3.8) is 0 Å². The van der Waals surface area contributed by atoms with E-state index in [1.165, 1.54) is 31.9 Å². The molecule has 0 atom stereocenters. The number of carbonyl (C=O) groups excluding carboxylic acids is 1.